The van der Waals surface area contributed by atoms with E-state index in [1.165, 1.54) is 60.6 Å². The fourth-order valence-corrected chi connectivity index (χ4v) is 2.42. The molecule has 0 atom stereocenters. The summed E-state index contributed by atoms with van der Waals surface area (Å²) >= 11 is 2.34. The predicted molar refractivity (Wildman–Crippen MR) is 90.3 cm³/mol. The number of rotatable bonds is 10. The summed E-state index contributed by atoms with van der Waals surface area (Å²) in [6.45, 7) is 3.38. The minimum absolute atomic E-state index is 1.11. The van der Waals surface area contributed by atoms with E-state index in [-0.39, 0.29) is 0 Å². The number of unbranched alkanes of at least 4 members (excludes halogenated alkanes) is 7. The summed E-state index contributed by atoms with van der Waals surface area (Å²) in [6, 6.07) is 8.62. The van der Waals surface area contributed by atoms with Crippen LogP contribution in [0.2, 0.25) is 0 Å². The Morgan fingerprint density at radius 1 is 0.833 bits per heavy atom. The van der Waals surface area contributed by atoms with E-state index in [9.17, 15) is 0 Å². The van der Waals surface area contributed by atoms with Gasteiger partial charge in [-0.1, -0.05) is 51.9 Å². The molecule has 1 rings (SSSR count). The molecule has 1 nitrogen and oxygen atoms in total. The Morgan fingerprint density at radius 2 is 1.39 bits per heavy atom. The molecular formula is C16H26IN. The molecule has 1 aromatic carbocycles. The van der Waals surface area contributed by atoms with E-state index in [2.05, 4.69) is 59.1 Å². The second-order valence-corrected chi connectivity index (χ2v) is 6.15. The van der Waals surface area contributed by atoms with Crippen LogP contribution in [0, 0.1) is 3.57 Å². The number of benzene rings is 1. The van der Waals surface area contributed by atoms with Crippen molar-refractivity contribution in [2.75, 3.05) is 11.9 Å². The van der Waals surface area contributed by atoms with Crippen LogP contribution in [-0.2, 0) is 0 Å². The highest BCUT2D eigenvalue weighted by Gasteiger charge is 1.93. The number of hydrogen-bond donors (Lipinski definition) is 1. The third-order valence-corrected chi connectivity index (χ3v) is 3.92. The first kappa shape index (κ1) is 15.8. The van der Waals surface area contributed by atoms with Crippen LogP contribution >= 0.6 is 22.6 Å². The number of anilines is 1. The summed E-state index contributed by atoms with van der Waals surface area (Å²) in [5, 5.41) is 3.48. The molecule has 0 saturated heterocycles. The lowest BCUT2D eigenvalue weighted by Crippen LogP contribution is -2.01. The summed E-state index contributed by atoms with van der Waals surface area (Å²) in [6.07, 6.45) is 11.1. The molecule has 102 valence electrons. The fourth-order valence-electron chi connectivity index (χ4n) is 2.06. The fraction of sp³-hybridized carbons (Fsp3) is 0.625. The zero-order valence-electron chi connectivity index (χ0n) is 11.6. The van der Waals surface area contributed by atoms with Crippen molar-refractivity contribution in [3.8, 4) is 0 Å². The topological polar surface area (TPSA) is 12.0 Å². The van der Waals surface area contributed by atoms with E-state index in [1.54, 1.807) is 0 Å². The van der Waals surface area contributed by atoms with Gasteiger partial charge in [0.05, 0.1) is 0 Å². The monoisotopic (exact) mass is 359 g/mol. The zero-order valence-corrected chi connectivity index (χ0v) is 13.7. The molecule has 18 heavy (non-hydrogen) atoms. The van der Waals surface area contributed by atoms with Gasteiger partial charge < -0.3 is 5.32 Å². The normalized spacial score (nSPS) is 10.6. The zero-order chi connectivity index (χ0) is 13.1. The largest absolute Gasteiger partial charge is 0.385 e. The molecule has 0 aromatic heterocycles. The molecule has 0 unspecified atom stereocenters. The Kier molecular flexibility index (Phi) is 9.35. The van der Waals surface area contributed by atoms with Crippen molar-refractivity contribution in [1.82, 2.24) is 0 Å². The van der Waals surface area contributed by atoms with Gasteiger partial charge in [0.15, 0.2) is 0 Å². The maximum atomic E-state index is 3.48. The van der Waals surface area contributed by atoms with Gasteiger partial charge in [-0.2, -0.15) is 0 Å². The van der Waals surface area contributed by atoms with Crippen LogP contribution in [0.5, 0.6) is 0 Å². The molecule has 0 aliphatic heterocycles. The first-order valence-electron chi connectivity index (χ1n) is 7.32. The van der Waals surface area contributed by atoms with E-state index >= 15 is 0 Å². The molecule has 0 radical (unpaired) electrons. The van der Waals surface area contributed by atoms with Gasteiger partial charge in [0.1, 0.15) is 0 Å². The smallest absolute Gasteiger partial charge is 0.0340 e. The summed E-state index contributed by atoms with van der Waals surface area (Å²) in [5.74, 6) is 0. The average molecular weight is 359 g/mol. The van der Waals surface area contributed by atoms with Gasteiger partial charge in [-0.3, -0.25) is 0 Å². The van der Waals surface area contributed by atoms with Crippen molar-refractivity contribution >= 4 is 28.3 Å². The molecule has 1 aromatic rings. The quantitative estimate of drug-likeness (QED) is 0.409. The molecule has 0 aliphatic carbocycles. The second kappa shape index (κ2) is 10.7. The second-order valence-electron chi connectivity index (χ2n) is 4.91. The molecule has 0 amide bonds. The molecular weight excluding hydrogens is 333 g/mol. The Balaban J connectivity index is 1.91. The summed E-state index contributed by atoms with van der Waals surface area (Å²) in [4.78, 5) is 0. The summed E-state index contributed by atoms with van der Waals surface area (Å²) in [5.41, 5.74) is 1.25. The third-order valence-electron chi connectivity index (χ3n) is 3.20. The number of halogens is 1. The highest BCUT2D eigenvalue weighted by Crippen LogP contribution is 2.12. The Labute approximate surface area is 126 Å². The van der Waals surface area contributed by atoms with E-state index < -0.39 is 0 Å². The highest BCUT2D eigenvalue weighted by atomic mass is 127. The Morgan fingerprint density at radius 3 is 2.00 bits per heavy atom. The maximum Gasteiger partial charge on any atom is 0.0340 e. The van der Waals surface area contributed by atoms with E-state index in [1.807, 2.05) is 0 Å². The number of nitrogens with one attached hydrogen (secondary N) is 1. The average Bonchev–Trinajstić information content (AvgIpc) is 2.39. The minimum Gasteiger partial charge on any atom is -0.385 e. The first-order chi connectivity index (χ1) is 8.83. The molecule has 0 aliphatic rings. The van der Waals surface area contributed by atoms with Crippen molar-refractivity contribution in [3.63, 3.8) is 0 Å². The van der Waals surface area contributed by atoms with Crippen molar-refractivity contribution in [2.45, 2.75) is 58.3 Å². The van der Waals surface area contributed by atoms with Gasteiger partial charge in [0.2, 0.25) is 0 Å². The van der Waals surface area contributed by atoms with Crippen LogP contribution in [0.3, 0.4) is 0 Å². The summed E-state index contributed by atoms with van der Waals surface area (Å²) in [7, 11) is 0. The van der Waals surface area contributed by atoms with Gasteiger partial charge >= 0.3 is 0 Å². The van der Waals surface area contributed by atoms with Gasteiger partial charge in [-0.05, 0) is 53.3 Å². The lowest BCUT2D eigenvalue weighted by molar-refractivity contribution is 0.581. The standard InChI is InChI=1S/C16H26IN/c1-2-3-4-5-6-7-8-9-14-18-16-12-10-15(17)11-13-16/h10-13,18H,2-9,14H2,1H3. The van der Waals surface area contributed by atoms with Crippen molar-refractivity contribution in [1.29, 1.82) is 0 Å². The van der Waals surface area contributed by atoms with E-state index in [4.69, 9.17) is 0 Å². The van der Waals surface area contributed by atoms with Crippen LogP contribution in [-0.4, -0.2) is 6.54 Å². The van der Waals surface area contributed by atoms with Crippen molar-refractivity contribution in [2.24, 2.45) is 0 Å². The number of hydrogen-bond acceptors (Lipinski definition) is 1. The van der Waals surface area contributed by atoms with Crippen LogP contribution < -0.4 is 5.32 Å². The van der Waals surface area contributed by atoms with E-state index in [0.717, 1.165) is 6.54 Å². The van der Waals surface area contributed by atoms with Gasteiger partial charge in [0, 0.05) is 15.8 Å². The van der Waals surface area contributed by atoms with E-state index in [0.29, 0.717) is 0 Å². The highest BCUT2D eigenvalue weighted by molar-refractivity contribution is 14.1. The van der Waals surface area contributed by atoms with Gasteiger partial charge in [-0.25, -0.2) is 0 Å². The molecule has 2 heteroatoms. The van der Waals surface area contributed by atoms with Gasteiger partial charge in [0.25, 0.3) is 0 Å². The lowest BCUT2D eigenvalue weighted by Gasteiger charge is -2.06. The van der Waals surface area contributed by atoms with Crippen LogP contribution in [0.15, 0.2) is 24.3 Å². The van der Waals surface area contributed by atoms with Crippen LogP contribution in [0.1, 0.15) is 58.3 Å². The van der Waals surface area contributed by atoms with Crippen LogP contribution in [0.4, 0.5) is 5.69 Å². The SMILES string of the molecule is CCCCCCCCCCNc1ccc(I)cc1. The molecule has 1 N–H and O–H groups in total. The molecule has 0 heterocycles. The first-order valence-corrected chi connectivity index (χ1v) is 8.40. The maximum absolute atomic E-state index is 3.48. The molecule has 0 bridgehead atoms. The Hall–Kier alpha value is -0.250. The van der Waals surface area contributed by atoms with Crippen molar-refractivity contribution < 1.29 is 0 Å². The molecule has 0 spiro atoms. The molecule has 0 fully saturated rings. The van der Waals surface area contributed by atoms with Crippen LogP contribution in [0.25, 0.3) is 0 Å². The third kappa shape index (κ3) is 7.96. The summed E-state index contributed by atoms with van der Waals surface area (Å²) < 4.78 is 1.30. The minimum atomic E-state index is 1.11. The predicted octanol–water partition coefficient (Wildman–Crippen LogP) is 5.84. The van der Waals surface area contributed by atoms with Gasteiger partial charge in [-0.15, -0.1) is 0 Å². The lowest BCUT2D eigenvalue weighted by atomic mass is 10.1. The van der Waals surface area contributed by atoms with Crippen molar-refractivity contribution in [3.05, 3.63) is 27.8 Å². The Bertz CT molecular complexity index is 294. The molecule has 0 saturated carbocycles.